The maximum atomic E-state index is 4.61. The summed E-state index contributed by atoms with van der Waals surface area (Å²) in [6.07, 6.45) is 18.8. The maximum absolute atomic E-state index is 4.61. The summed E-state index contributed by atoms with van der Waals surface area (Å²) in [5, 5.41) is 2.29. The van der Waals surface area contributed by atoms with Gasteiger partial charge in [0, 0.05) is 112 Å². The predicted octanol–water partition coefficient (Wildman–Crippen LogP) is 11.8. The van der Waals surface area contributed by atoms with Crippen LogP contribution in [0.5, 0.6) is 0 Å². The molecule has 6 nitrogen and oxygen atoms in total. The van der Waals surface area contributed by atoms with Gasteiger partial charge in [-0.25, -0.2) is 0 Å². The molecule has 0 aliphatic heterocycles. The monoisotopic (exact) mass is 704 g/mol. The summed E-state index contributed by atoms with van der Waals surface area (Å²) in [5.74, 6) is 0. The Hall–Kier alpha value is -7.57. The highest BCUT2D eigenvalue weighted by Crippen LogP contribution is 2.38. The molecule has 6 heterocycles. The Labute approximate surface area is 318 Å². The van der Waals surface area contributed by atoms with Crippen LogP contribution in [0.1, 0.15) is 0 Å². The van der Waals surface area contributed by atoms with Gasteiger partial charge in [0.15, 0.2) is 0 Å². The number of nitrogens with zero attached hydrogens (tertiary/aromatic N) is 6. The highest BCUT2D eigenvalue weighted by atomic mass is 15.0. The molecule has 0 N–H and O–H groups in total. The van der Waals surface area contributed by atoms with Crippen LogP contribution in [0.2, 0.25) is 0 Å². The number of para-hydroxylation sites is 1. The Morgan fingerprint density at radius 3 is 1.27 bits per heavy atom. The summed E-state index contributed by atoms with van der Waals surface area (Å²) in [4.78, 5) is 22.4. The quantitative estimate of drug-likeness (QED) is 0.165. The van der Waals surface area contributed by atoms with Crippen LogP contribution < -0.4 is 0 Å². The lowest BCUT2D eigenvalue weighted by atomic mass is 9.94. The first-order chi connectivity index (χ1) is 27.2. The van der Waals surface area contributed by atoms with Gasteiger partial charge in [0.2, 0.25) is 0 Å². The summed E-state index contributed by atoms with van der Waals surface area (Å²) >= 11 is 0. The van der Waals surface area contributed by atoms with Gasteiger partial charge in [0.05, 0.1) is 11.0 Å². The molecule has 6 aromatic heterocycles. The molecule has 10 aromatic rings. The second-order valence-corrected chi connectivity index (χ2v) is 13.6. The number of pyridine rings is 5. The molecular weight excluding hydrogens is 673 g/mol. The third kappa shape index (κ3) is 6.11. The number of fused-ring (bicyclic) bond motifs is 3. The number of hydrogen-bond donors (Lipinski definition) is 0. The molecule has 258 valence electrons. The summed E-state index contributed by atoms with van der Waals surface area (Å²) in [5.41, 5.74) is 16.2. The largest absolute Gasteiger partial charge is 0.309 e. The van der Waals surface area contributed by atoms with Gasteiger partial charge in [0.25, 0.3) is 0 Å². The molecule has 0 radical (unpaired) electrons. The zero-order valence-corrected chi connectivity index (χ0v) is 29.7. The summed E-state index contributed by atoms with van der Waals surface area (Å²) in [6, 6.07) is 47.4. The van der Waals surface area contributed by atoms with Gasteiger partial charge in [-0.1, -0.05) is 66.7 Å². The van der Waals surface area contributed by atoms with Gasteiger partial charge in [-0.05, 0) is 100 Å². The first-order valence-corrected chi connectivity index (χ1v) is 18.2. The van der Waals surface area contributed by atoms with E-state index >= 15 is 0 Å². The Balaban J connectivity index is 1.13. The van der Waals surface area contributed by atoms with Gasteiger partial charge >= 0.3 is 0 Å². The first kappa shape index (κ1) is 32.1. The molecule has 0 unspecified atom stereocenters. The fraction of sp³-hybridized carbons (Fsp3) is 0. The normalized spacial score (nSPS) is 11.3. The Morgan fingerprint density at radius 2 is 0.709 bits per heavy atom. The second-order valence-electron chi connectivity index (χ2n) is 13.6. The Morgan fingerprint density at radius 1 is 0.273 bits per heavy atom. The van der Waals surface area contributed by atoms with Gasteiger partial charge < -0.3 is 4.57 Å². The lowest BCUT2D eigenvalue weighted by Crippen LogP contribution is -1.96. The highest BCUT2D eigenvalue weighted by Gasteiger charge is 2.16. The van der Waals surface area contributed by atoms with Crippen LogP contribution >= 0.6 is 0 Å². The van der Waals surface area contributed by atoms with Gasteiger partial charge in [0.1, 0.15) is 0 Å². The molecule has 6 heteroatoms. The van der Waals surface area contributed by atoms with E-state index in [2.05, 4.69) is 151 Å². The van der Waals surface area contributed by atoms with E-state index in [0.717, 1.165) is 88.9 Å². The Bertz CT molecular complexity index is 2790. The number of rotatable bonds is 7. The highest BCUT2D eigenvalue weighted by molar-refractivity contribution is 6.09. The van der Waals surface area contributed by atoms with Crippen molar-refractivity contribution in [3.63, 3.8) is 0 Å². The molecule has 0 saturated heterocycles. The van der Waals surface area contributed by atoms with Crippen LogP contribution in [0.4, 0.5) is 0 Å². The lowest BCUT2D eigenvalue weighted by molar-refractivity contribution is 1.18. The SMILES string of the molecule is c1cncc(-c2cncc(-c3cccc(-c4cc(-c5cccc(-c6cncc(-c7cccnc7)c6)c5)cc(-n5c6ccccc6c6cnccc65)c4)c3)c2)c1. The fourth-order valence-electron chi connectivity index (χ4n) is 7.50. The van der Waals surface area contributed by atoms with Gasteiger partial charge in [-0.2, -0.15) is 0 Å². The smallest absolute Gasteiger partial charge is 0.0571 e. The minimum absolute atomic E-state index is 1.03. The molecule has 0 saturated carbocycles. The maximum Gasteiger partial charge on any atom is 0.0571 e. The summed E-state index contributed by atoms with van der Waals surface area (Å²) in [7, 11) is 0. The average Bonchev–Trinajstić information content (AvgIpc) is 3.61. The topological polar surface area (TPSA) is 69.4 Å². The second kappa shape index (κ2) is 13.8. The molecule has 0 aliphatic rings. The van der Waals surface area contributed by atoms with E-state index in [-0.39, 0.29) is 0 Å². The van der Waals surface area contributed by atoms with Crippen molar-refractivity contribution in [2.75, 3.05) is 0 Å². The average molecular weight is 705 g/mol. The molecule has 55 heavy (non-hydrogen) atoms. The van der Waals surface area contributed by atoms with Crippen molar-refractivity contribution in [2.45, 2.75) is 0 Å². The third-order valence-corrected chi connectivity index (χ3v) is 10.2. The van der Waals surface area contributed by atoms with Crippen molar-refractivity contribution in [3.05, 3.63) is 195 Å². The van der Waals surface area contributed by atoms with Crippen LogP contribution in [0.3, 0.4) is 0 Å². The fourth-order valence-corrected chi connectivity index (χ4v) is 7.50. The third-order valence-electron chi connectivity index (χ3n) is 10.2. The van der Waals surface area contributed by atoms with Gasteiger partial charge in [-0.15, -0.1) is 0 Å². The zero-order valence-electron chi connectivity index (χ0n) is 29.7. The predicted molar refractivity (Wildman–Crippen MR) is 222 cm³/mol. The van der Waals surface area contributed by atoms with E-state index in [1.54, 1.807) is 12.4 Å². The van der Waals surface area contributed by atoms with E-state index in [1.165, 1.54) is 5.39 Å². The molecule has 4 aromatic carbocycles. The number of benzene rings is 4. The molecule has 0 fully saturated rings. The molecule has 0 bridgehead atoms. The minimum atomic E-state index is 1.03. The van der Waals surface area contributed by atoms with Crippen molar-refractivity contribution in [1.82, 2.24) is 29.5 Å². The van der Waals surface area contributed by atoms with E-state index in [4.69, 9.17) is 0 Å². The summed E-state index contributed by atoms with van der Waals surface area (Å²) in [6.45, 7) is 0. The van der Waals surface area contributed by atoms with Gasteiger partial charge in [-0.3, -0.25) is 24.9 Å². The molecule has 0 aliphatic carbocycles. The first-order valence-electron chi connectivity index (χ1n) is 18.2. The van der Waals surface area contributed by atoms with E-state index in [0.29, 0.717) is 0 Å². The van der Waals surface area contributed by atoms with Crippen molar-refractivity contribution in [2.24, 2.45) is 0 Å². The molecule has 0 amide bonds. The number of aromatic nitrogens is 6. The van der Waals surface area contributed by atoms with Crippen molar-refractivity contribution >= 4 is 21.8 Å². The molecular formula is C49H32N6. The number of hydrogen-bond acceptors (Lipinski definition) is 5. The van der Waals surface area contributed by atoms with Crippen molar-refractivity contribution < 1.29 is 0 Å². The molecule has 0 spiro atoms. The minimum Gasteiger partial charge on any atom is -0.309 e. The van der Waals surface area contributed by atoms with Crippen LogP contribution in [-0.2, 0) is 0 Å². The Kier molecular flexibility index (Phi) is 8.04. The van der Waals surface area contributed by atoms with E-state index < -0.39 is 0 Å². The standard InChI is InChI=1S/C49H32N6/c1-2-14-48-46(13-1)47-32-52-18-15-49(47)55(48)45-24-39(33-7-3-9-35(19-33)41-22-43(30-53-28-41)37-11-5-16-50-26-37)21-40(25-45)34-8-4-10-36(20-34)42-23-44(31-54-29-42)38-12-6-17-51-27-38/h1-32H. The van der Waals surface area contributed by atoms with Crippen LogP contribution in [0, 0.1) is 0 Å². The van der Waals surface area contributed by atoms with Crippen LogP contribution in [0.25, 0.3) is 94.3 Å². The van der Waals surface area contributed by atoms with E-state index in [1.807, 2.05) is 61.7 Å². The van der Waals surface area contributed by atoms with Crippen molar-refractivity contribution in [3.8, 4) is 72.4 Å². The zero-order chi connectivity index (χ0) is 36.6. The molecule has 0 atom stereocenters. The van der Waals surface area contributed by atoms with E-state index in [9.17, 15) is 0 Å². The van der Waals surface area contributed by atoms with Crippen molar-refractivity contribution in [1.29, 1.82) is 0 Å². The molecule has 10 rings (SSSR count). The van der Waals surface area contributed by atoms with Crippen LogP contribution in [-0.4, -0.2) is 29.5 Å². The lowest BCUT2D eigenvalue weighted by Gasteiger charge is -2.15. The van der Waals surface area contributed by atoms with Crippen LogP contribution in [0.15, 0.2) is 195 Å². The summed E-state index contributed by atoms with van der Waals surface area (Å²) < 4.78 is 2.36.